The van der Waals surface area contributed by atoms with Gasteiger partial charge in [-0.1, -0.05) is 6.07 Å². The van der Waals surface area contributed by atoms with Crippen LogP contribution in [-0.2, 0) is 4.74 Å². The summed E-state index contributed by atoms with van der Waals surface area (Å²) in [5.74, 6) is 2.00. The molecule has 0 aromatic carbocycles. The Balaban J connectivity index is 1.58. The summed E-state index contributed by atoms with van der Waals surface area (Å²) in [7, 11) is 0. The zero-order chi connectivity index (χ0) is 14.1. The van der Waals surface area contributed by atoms with Crippen molar-refractivity contribution in [2.45, 2.75) is 6.17 Å². The minimum atomic E-state index is 0.0315. The Hall–Kier alpha value is -2.12. The largest absolute Gasteiger partial charge is 0.378 e. The van der Waals surface area contributed by atoms with Crippen molar-refractivity contribution >= 4 is 12.0 Å². The molecule has 0 spiro atoms. The number of aliphatic imine (C=N–C) groups is 1. The fraction of sp³-hybridized carbons (Fsp3) is 0.429. The van der Waals surface area contributed by atoms with Crippen LogP contribution in [0, 0.1) is 0 Å². The number of pyridine rings is 1. The van der Waals surface area contributed by atoms with Crippen molar-refractivity contribution < 1.29 is 4.74 Å². The van der Waals surface area contributed by atoms with Crippen molar-refractivity contribution in [3.63, 3.8) is 0 Å². The van der Waals surface area contributed by atoms with E-state index in [4.69, 9.17) is 9.72 Å². The number of morpholine rings is 1. The summed E-state index contributed by atoms with van der Waals surface area (Å²) in [4.78, 5) is 13.5. The van der Waals surface area contributed by atoms with Crippen molar-refractivity contribution in [2.75, 3.05) is 37.7 Å². The first kappa shape index (κ1) is 12.6. The standard InChI is InChI=1S/C14H18N6O/c1-2-11(14-18-17-13-10-15-4-5-20(13)14)16-12(3-1)19-6-8-21-9-7-19/h1-4,10,14,17-18H,5-9H2. The first-order valence-electron chi connectivity index (χ1n) is 7.21. The third kappa shape index (κ3) is 2.34. The number of anilines is 1. The first-order chi connectivity index (χ1) is 10.4. The van der Waals surface area contributed by atoms with Crippen LogP contribution in [0.2, 0.25) is 0 Å². The van der Waals surface area contributed by atoms with Gasteiger partial charge in [-0.05, 0) is 12.1 Å². The lowest BCUT2D eigenvalue weighted by molar-refractivity contribution is 0.122. The molecule has 21 heavy (non-hydrogen) atoms. The quantitative estimate of drug-likeness (QED) is 0.810. The van der Waals surface area contributed by atoms with Gasteiger partial charge in [0.15, 0.2) is 0 Å². The smallest absolute Gasteiger partial charge is 0.141 e. The summed E-state index contributed by atoms with van der Waals surface area (Å²) in [6.07, 6.45) is 3.75. The van der Waals surface area contributed by atoms with E-state index in [0.29, 0.717) is 0 Å². The maximum Gasteiger partial charge on any atom is 0.141 e. The molecule has 1 atom stereocenters. The molecule has 7 nitrogen and oxygen atoms in total. The number of ether oxygens (including phenoxy) is 1. The Kier molecular flexibility index (Phi) is 3.21. The molecule has 1 aromatic rings. The molecule has 3 aliphatic heterocycles. The minimum Gasteiger partial charge on any atom is -0.378 e. The van der Waals surface area contributed by atoms with Gasteiger partial charge in [0.05, 0.1) is 31.7 Å². The number of aromatic nitrogens is 1. The van der Waals surface area contributed by atoms with Crippen LogP contribution in [0.5, 0.6) is 0 Å². The summed E-state index contributed by atoms with van der Waals surface area (Å²) >= 11 is 0. The maximum atomic E-state index is 5.40. The molecule has 2 saturated heterocycles. The Morgan fingerprint density at radius 3 is 3.05 bits per heavy atom. The number of rotatable bonds is 2. The monoisotopic (exact) mass is 286 g/mol. The van der Waals surface area contributed by atoms with Gasteiger partial charge in [0.2, 0.25) is 0 Å². The molecular formula is C14H18N6O. The Morgan fingerprint density at radius 1 is 1.24 bits per heavy atom. The SMILES string of the molecule is C1=NC=C2NNC(c3cccc(N4CCOCC4)n3)N2C1. The lowest BCUT2D eigenvalue weighted by Crippen LogP contribution is -2.37. The molecule has 0 amide bonds. The molecule has 3 aliphatic rings. The fourth-order valence-corrected chi connectivity index (χ4v) is 2.79. The fourth-order valence-electron chi connectivity index (χ4n) is 2.79. The van der Waals surface area contributed by atoms with E-state index in [1.165, 1.54) is 0 Å². The number of hydrazine groups is 1. The molecule has 4 heterocycles. The predicted octanol–water partition coefficient (Wildman–Crippen LogP) is 0.210. The van der Waals surface area contributed by atoms with Gasteiger partial charge in [0.25, 0.3) is 0 Å². The molecule has 0 saturated carbocycles. The maximum absolute atomic E-state index is 5.40. The minimum absolute atomic E-state index is 0.0315. The van der Waals surface area contributed by atoms with Gasteiger partial charge in [-0.2, -0.15) is 0 Å². The van der Waals surface area contributed by atoms with Crippen LogP contribution in [0.1, 0.15) is 11.9 Å². The van der Waals surface area contributed by atoms with Crippen molar-refractivity contribution in [1.82, 2.24) is 20.7 Å². The topological polar surface area (TPSA) is 65.0 Å². The van der Waals surface area contributed by atoms with Gasteiger partial charge < -0.3 is 20.0 Å². The van der Waals surface area contributed by atoms with Crippen molar-refractivity contribution in [2.24, 2.45) is 4.99 Å². The highest BCUT2D eigenvalue weighted by Crippen LogP contribution is 2.26. The zero-order valence-electron chi connectivity index (χ0n) is 11.7. The van der Waals surface area contributed by atoms with Gasteiger partial charge in [0, 0.05) is 19.3 Å². The summed E-state index contributed by atoms with van der Waals surface area (Å²) in [6.45, 7) is 4.11. The van der Waals surface area contributed by atoms with Gasteiger partial charge in [-0.15, -0.1) is 0 Å². The van der Waals surface area contributed by atoms with E-state index >= 15 is 0 Å². The van der Waals surface area contributed by atoms with Gasteiger partial charge in [0.1, 0.15) is 17.8 Å². The van der Waals surface area contributed by atoms with Crippen LogP contribution in [0.15, 0.2) is 35.2 Å². The van der Waals surface area contributed by atoms with E-state index in [1.807, 2.05) is 12.4 Å². The molecule has 0 bridgehead atoms. The normalized spacial score (nSPS) is 24.6. The van der Waals surface area contributed by atoms with E-state index in [-0.39, 0.29) is 6.17 Å². The Labute approximate surface area is 123 Å². The van der Waals surface area contributed by atoms with Gasteiger partial charge in [-0.25, -0.2) is 10.4 Å². The van der Waals surface area contributed by atoms with E-state index in [2.05, 4.69) is 43.8 Å². The molecule has 2 fully saturated rings. The number of nitrogens with zero attached hydrogens (tertiary/aromatic N) is 4. The summed E-state index contributed by atoms with van der Waals surface area (Å²) in [5.41, 5.74) is 7.43. The van der Waals surface area contributed by atoms with Crippen LogP contribution in [0.3, 0.4) is 0 Å². The highest BCUT2D eigenvalue weighted by Gasteiger charge is 2.30. The van der Waals surface area contributed by atoms with E-state index < -0.39 is 0 Å². The Morgan fingerprint density at radius 2 is 2.14 bits per heavy atom. The van der Waals surface area contributed by atoms with E-state index in [1.54, 1.807) is 0 Å². The van der Waals surface area contributed by atoms with E-state index in [0.717, 1.165) is 50.2 Å². The number of hydrogen-bond donors (Lipinski definition) is 2. The number of fused-ring (bicyclic) bond motifs is 1. The molecule has 2 N–H and O–H groups in total. The molecule has 1 unspecified atom stereocenters. The molecule has 1 aromatic heterocycles. The van der Waals surface area contributed by atoms with Gasteiger partial charge in [-0.3, -0.25) is 4.99 Å². The first-order valence-corrected chi connectivity index (χ1v) is 7.21. The molecule has 110 valence electrons. The van der Waals surface area contributed by atoms with Crippen molar-refractivity contribution in [1.29, 1.82) is 0 Å². The summed E-state index contributed by atoms with van der Waals surface area (Å²) < 4.78 is 5.40. The second-order valence-corrected chi connectivity index (χ2v) is 5.19. The zero-order valence-corrected chi connectivity index (χ0v) is 11.7. The lowest BCUT2D eigenvalue weighted by atomic mass is 10.2. The van der Waals surface area contributed by atoms with Gasteiger partial charge >= 0.3 is 0 Å². The highest BCUT2D eigenvalue weighted by molar-refractivity contribution is 5.62. The second-order valence-electron chi connectivity index (χ2n) is 5.19. The molecule has 0 radical (unpaired) electrons. The van der Waals surface area contributed by atoms with Crippen LogP contribution in [0.25, 0.3) is 0 Å². The van der Waals surface area contributed by atoms with E-state index in [9.17, 15) is 0 Å². The van der Waals surface area contributed by atoms with Crippen LogP contribution < -0.4 is 15.8 Å². The van der Waals surface area contributed by atoms with Crippen LogP contribution >= 0.6 is 0 Å². The number of nitrogens with one attached hydrogen (secondary N) is 2. The molecule has 4 rings (SSSR count). The summed E-state index contributed by atoms with van der Waals surface area (Å²) in [5, 5.41) is 0. The summed E-state index contributed by atoms with van der Waals surface area (Å²) in [6, 6.07) is 6.18. The van der Waals surface area contributed by atoms with Crippen LogP contribution in [0.4, 0.5) is 5.82 Å². The van der Waals surface area contributed by atoms with Crippen molar-refractivity contribution in [3.8, 4) is 0 Å². The average molecular weight is 286 g/mol. The Bertz CT molecular complexity index is 581. The van der Waals surface area contributed by atoms with Crippen molar-refractivity contribution in [3.05, 3.63) is 35.9 Å². The molecule has 7 heteroatoms. The second kappa shape index (κ2) is 5.34. The highest BCUT2D eigenvalue weighted by atomic mass is 16.5. The molecular weight excluding hydrogens is 268 g/mol. The average Bonchev–Trinajstić information content (AvgIpc) is 3.00. The third-order valence-corrected chi connectivity index (χ3v) is 3.91. The number of hydrogen-bond acceptors (Lipinski definition) is 7. The predicted molar refractivity (Wildman–Crippen MR) is 79.6 cm³/mol. The third-order valence-electron chi connectivity index (χ3n) is 3.91. The molecule has 0 aliphatic carbocycles. The lowest BCUT2D eigenvalue weighted by Gasteiger charge is -2.29. The van der Waals surface area contributed by atoms with Crippen LogP contribution in [-0.4, -0.2) is 48.9 Å².